The highest BCUT2D eigenvalue weighted by Crippen LogP contribution is 2.39. The van der Waals surface area contributed by atoms with Crippen molar-refractivity contribution in [2.45, 2.75) is 37.0 Å². The normalized spacial score (nSPS) is 20.5. The Morgan fingerprint density at radius 1 is 1.05 bits per heavy atom. The van der Waals surface area contributed by atoms with E-state index in [-0.39, 0.29) is 28.3 Å². The number of benzene rings is 2. The van der Waals surface area contributed by atoms with E-state index in [1.807, 2.05) is 24.0 Å². The number of sulfonamides is 1. The zero-order valence-corrected chi connectivity index (χ0v) is 21.8. The van der Waals surface area contributed by atoms with Crippen LogP contribution in [0.15, 0.2) is 59.6 Å². The quantitative estimate of drug-likeness (QED) is 0.436. The molecule has 37 heavy (non-hydrogen) atoms. The minimum absolute atomic E-state index is 0.00765. The molecule has 3 aromatic rings. The molecular weight excluding hydrogens is 496 g/mol. The molecule has 0 bridgehead atoms. The molecule has 0 aliphatic carbocycles. The van der Waals surface area contributed by atoms with Crippen LogP contribution in [0.3, 0.4) is 0 Å². The largest absolute Gasteiger partial charge is 0.493 e. The van der Waals surface area contributed by atoms with Crippen LogP contribution in [0.5, 0.6) is 5.75 Å². The second kappa shape index (κ2) is 10.4. The molecule has 2 unspecified atom stereocenters. The van der Waals surface area contributed by atoms with Gasteiger partial charge in [0.2, 0.25) is 10.0 Å². The van der Waals surface area contributed by atoms with Gasteiger partial charge in [-0.3, -0.25) is 0 Å². The summed E-state index contributed by atoms with van der Waals surface area (Å²) in [5.41, 5.74) is 2.42. The first kappa shape index (κ1) is 25.6. The van der Waals surface area contributed by atoms with Gasteiger partial charge < -0.3 is 9.64 Å². The first-order valence-corrected chi connectivity index (χ1v) is 14.0. The number of rotatable bonds is 7. The highest BCUT2D eigenvalue weighted by molar-refractivity contribution is 7.89. The van der Waals surface area contributed by atoms with E-state index >= 15 is 0 Å². The highest BCUT2D eigenvalue weighted by atomic mass is 32.2. The maximum atomic E-state index is 14.3. The fourth-order valence-corrected chi connectivity index (χ4v) is 7.33. The Kier molecular flexibility index (Phi) is 7.18. The lowest BCUT2D eigenvalue weighted by Crippen LogP contribution is -2.32. The van der Waals surface area contributed by atoms with Gasteiger partial charge in [-0.25, -0.2) is 22.2 Å². The molecule has 6 nitrogen and oxygen atoms in total. The molecule has 2 saturated heterocycles. The van der Waals surface area contributed by atoms with E-state index in [0.29, 0.717) is 38.4 Å². The third kappa shape index (κ3) is 5.20. The Hall–Kier alpha value is -3.04. The number of anilines is 1. The molecule has 0 radical (unpaired) electrons. The van der Waals surface area contributed by atoms with Crippen molar-refractivity contribution in [1.29, 1.82) is 0 Å². The van der Waals surface area contributed by atoms with Crippen molar-refractivity contribution in [2.24, 2.45) is 5.92 Å². The minimum Gasteiger partial charge on any atom is -0.493 e. The van der Waals surface area contributed by atoms with Gasteiger partial charge in [0.05, 0.1) is 7.11 Å². The summed E-state index contributed by atoms with van der Waals surface area (Å²) >= 11 is 0. The number of aryl methyl sites for hydroxylation is 1. The zero-order chi connectivity index (χ0) is 26.2. The summed E-state index contributed by atoms with van der Waals surface area (Å²) in [4.78, 5) is 6.73. The van der Waals surface area contributed by atoms with Crippen molar-refractivity contribution in [3.05, 3.63) is 83.1 Å². The Morgan fingerprint density at radius 3 is 2.65 bits per heavy atom. The molecule has 5 rings (SSSR count). The maximum Gasteiger partial charge on any atom is 0.246 e. The van der Waals surface area contributed by atoms with Gasteiger partial charge in [0.15, 0.2) is 11.6 Å². The highest BCUT2D eigenvalue weighted by Gasteiger charge is 2.37. The van der Waals surface area contributed by atoms with Crippen LogP contribution < -0.4 is 9.64 Å². The van der Waals surface area contributed by atoms with Gasteiger partial charge in [-0.2, -0.15) is 4.31 Å². The molecule has 0 N–H and O–H groups in total. The van der Waals surface area contributed by atoms with Crippen molar-refractivity contribution in [2.75, 3.05) is 38.2 Å². The van der Waals surface area contributed by atoms with E-state index < -0.39 is 15.8 Å². The van der Waals surface area contributed by atoms with Crippen LogP contribution in [0.4, 0.5) is 14.6 Å². The summed E-state index contributed by atoms with van der Waals surface area (Å²) in [6, 6.07) is 13.1. The second-order valence-corrected chi connectivity index (χ2v) is 11.9. The molecule has 0 spiro atoms. The number of para-hydroxylation sites is 1. The number of nitrogens with zero attached hydrogens (tertiary/aromatic N) is 3. The second-order valence-electron chi connectivity index (χ2n) is 9.98. The fourth-order valence-electron chi connectivity index (χ4n) is 5.55. The Bertz CT molecular complexity index is 1400. The summed E-state index contributed by atoms with van der Waals surface area (Å²) in [5.74, 6) is 0.0888. The SMILES string of the molecule is COc1c(F)cccc1C1CCN(c2ncc(C)cc2S(=O)(=O)N2CCC(Cc3cccc(F)c3)C2)C1. The first-order valence-electron chi connectivity index (χ1n) is 12.5. The predicted octanol–water partition coefficient (Wildman–Crippen LogP) is 4.92. The number of ether oxygens (including phenoxy) is 1. The van der Waals surface area contributed by atoms with Crippen molar-refractivity contribution in [3.63, 3.8) is 0 Å². The van der Waals surface area contributed by atoms with Crippen LogP contribution in [0.1, 0.15) is 35.4 Å². The van der Waals surface area contributed by atoms with Gasteiger partial charge in [0, 0.05) is 43.9 Å². The maximum absolute atomic E-state index is 14.3. The van der Waals surface area contributed by atoms with E-state index in [1.54, 1.807) is 24.4 Å². The van der Waals surface area contributed by atoms with E-state index in [4.69, 9.17) is 4.74 Å². The van der Waals surface area contributed by atoms with Crippen molar-refractivity contribution >= 4 is 15.8 Å². The number of halogens is 2. The fraction of sp³-hybridized carbons (Fsp3) is 0.393. The standard InChI is InChI=1S/C28H31F2N3O3S/c1-19-13-26(37(34,35)33-12-9-21(17-33)14-20-5-3-6-23(29)15-20)28(31-16-19)32-11-10-22(18-32)24-7-4-8-25(30)27(24)36-2/h3-8,13,15-16,21-22H,9-12,14,17-18H2,1-2H3. The Morgan fingerprint density at radius 2 is 1.86 bits per heavy atom. The lowest BCUT2D eigenvalue weighted by Gasteiger charge is -2.24. The smallest absolute Gasteiger partial charge is 0.246 e. The summed E-state index contributed by atoms with van der Waals surface area (Å²) in [6.07, 6.45) is 3.76. The van der Waals surface area contributed by atoms with E-state index in [1.165, 1.54) is 29.6 Å². The number of methoxy groups -OCH3 is 1. The van der Waals surface area contributed by atoms with Crippen LogP contribution in [0.2, 0.25) is 0 Å². The minimum atomic E-state index is -3.79. The van der Waals surface area contributed by atoms with Crippen molar-refractivity contribution in [3.8, 4) is 5.75 Å². The molecule has 1 aromatic heterocycles. The van der Waals surface area contributed by atoms with Crippen molar-refractivity contribution < 1.29 is 21.9 Å². The van der Waals surface area contributed by atoms with Crippen LogP contribution in [0, 0.1) is 24.5 Å². The predicted molar refractivity (Wildman–Crippen MR) is 138 cm³/mol. The molecule has 9 heteroatoms. The lowest BCUT2D eigenvalue weighted by molar-refractivity contribution is 0.378. The third-order valence-corrected chi connectivity index (χ3v) is 9.25. The molecule has 2 atom stereocenters. The summed E-state index contributed by atoms with van der Waals surface area (Å²) in [5, 5.41) is 0. The molecule has 196 valence electrons. The Balaban J connectivity index is 1.37. The number of hydrogen-bond acceptors (Lipinski definition) is 5. The molecule has 0 saturated carbocycles. The molecular formula is C28H31F2N3O3S. The molecule has 2 aliphatic heterocycles. The molecule has 2 fully saturated rings. The van der Waals surface area contributed by atoms with Gasteiger partial charge in [-0.15, -0.1) is 0 Å². The summed E-state index contributed by atoms with van der Waals surface area (Å²) in [7, 11) is -2.34. The number of aromatic nitrogens is 1. The molecule has 0 amide bonds. The van der Waals surface area contributed by atoms with Crippen LogP contribution >= 0.6 is 0 Å². The topological polar surface area (TPSA) is 62.7 Å². The molecule has 2 aliphatic rings. The van der Waals surface area contributed by atoms with Crippen molar-refractivity contribution in [1.82, 2.24) is 9.29 Å². The lowest BCUT2D eigenvalue weighted by atomic mass is 9.97. The van der Waals surface area contributed by atoms with Crippen LogP contribution in [-0.2, 0) is 16.4 Å². The number of pyridine rings is 1. The first-order chi connectivity index (χ1) is 17.8. The zero-order valence-electron chi connectivity index (χ0n) is 21.0. The average molecular weight is 528 g/mol. The summed E-state index contributed by atoms with van der Waals surface area (Å²) in [6.45, 7) is 3.75. The van der Waals surface area contributed by atoms with Gasteiger partial charge in [0.25, 0.3) is 0 Å². The van der Waals surface area contributed by atoms with E-state index in [0.717, 1.165) is 29.5 Å². The van der Waals surface area contributed by atoms with Gasteiger partial charge in [0.1, 0.15) is 16.5 Å². The van der Waals surface area contributed by atoms with E-state index in [2.05, 4.69) is 4.98 Å². The average Bonchev–Trinajstić information content (AvgIpc) is 3.54. The van der Waals surface area contributed by atoms with Gasteiger partial charge in [-0.05, 0) is 67.5 Å². The molecule has 2 aromatic carbocycles. The monoisotopic (exact) mass is 527 g/mol. The number of hydrogen-bond donors (Lipinski definition) is 0. The molecule has 3 heterocycles. The summed E-state index contributed by atoms with van der Waals surface area (Å²) < 4.78 is 62.4. The van der Waals surface area contributed by atoms with E-state index in [9.17, 15) is 17.2 Å². The Labute approximate surface area is 216 Å². The van der Waals surface area contributed by atoms with Gasteiger partial charge in [-0.1, -0.05) is 24.3 Å². The van der Waals surface area contributed by atoms with Crippen LogP contribution in [-0.4, -0.2) is 51.0 Å². The van der Waals surface area contributed by atoms with Crippen LogP contribution in [0.25, 0.3) is 0 Å². The van der Waals surface area contributed by atoms with Gasteiger partial charge >= 0.3 is 0 Å². The third-order valence-electron chi connectivity index (χ3n) is 7.38.